The number of nitrogens with two attached hydrogens (primary N) is 1. The van der Waals surface area contributed by atoms with Gasteiger partial charge in [0.25, 0.3) is 0 Å². The molecule has 16 heavy (non-hydrogen) atoms. The van der Waals surface area contributed by atoms with Crippen LogP contribution in [0.3, 0.4) is 0 Å². The molecular formula is C13H26N2O. The molecule has 0 amide bonds. The molecule has 1 saturated heterocycles. The molecule has 1 saturated carbocycles. The Morgan fingerprint density at radius 2 is 1.50 bits per heavy atom. The van der Waals surface area contributed by atoms with Gasteiger partial charge in [0.15, 0.2) is 0 Å². The van der Waals surface area contributed by atoms with E-state index in [-0.39, 0.29) is 16.6 Å². The highest BCUT2D eigenvalue weighted by molar-refractivity contribution is 5.23. The first-order chi connectivity index (χ1) is 7.00. The summed E-state index contributed by atoms with van der Waals surface area (Å²) >= 11 is 0. The van der Waals surface area contributed by atoms with E-state index in [2.05, 4.69) is 39.9 Å². The molecule has 2 fully saturated rings. The van der Waals surface area contributed by atoms with Crippen molar-refractivity contribution in [2.75, 3.05) is 0 Å². The SMILES string of the molecule is CC1CC1(N)C1(O)CC(C)(C)NC(C)(C)C1. The molecule has 0 bridgehead atoms. The van der Waals surface area contributed by atoms with Crippen LogP contribution in [0.2, 0.25) is 0 Å². The number of hydrogen-bond acceptors (Lipinski definition) is 3. The van der Waals surface area contributed by atoms with E-state index in [1.165, 1.54) is 0 Å². The zero-order valence-electron chi connectivity index (χ0n) is 11.2. The first-order valence-electron chi connectivity index (χ1n) is 6.30. The lowest BCUT2D eigenvalue weighted by atomic mass is 9.68. The van der Waals surface area contributed by atoms with Crippen LogP contribution in [0, 0.1) is 5.92 Å². The lowest BCUT2D eigenvalue weighted by Gasteiger charge is -2.53. The van der Waals surface area contributed by atoms with E-state index in [0.29, 0.717) is 5.92 Å². The van der Waals surface area contributed by atoms with Crippen LogP contribution in [0.5, 0.6) is 0 Å². The van der Waals surface area contributed by atoms with Crippen molar-refractivity contribution >= 4 is 0 Å². The van der Waals surface area contributed by atoms with Crippen LogP contribution in [-0.2, 0) is 0 Å². The molecule has 4 N–H and O–H groups in total. The average Bonchev–Trinajstić information content (AvgIpc) is 2.52. The van der Waals surface area contributed by atoms with E-state index in [4.69, 9.17) is 5.73 Å². The van der Waals surface area contributed by atoms with Crippen LogP contribution in [0.25, 0.3) is 0 Å². The zero-order valence-corrected chi connectivity index (χ0v) is 11.2. The number of aliphatic hydroxyl groups is 1. The summed E-state index contributed by atoms with van der Waals surface area (Å²) in [4.78, 5) is 0. The third-order valence-electron chi connectivity index (χ3n) is 4.38. The van der Waals surface area contributed by atoms with Gasteiger partial charge in [-0.25, -0.2) is 0 Å². The molecule has 0 aromatic rings. The van der Waals surface area contributed by atoms with Gasteiger partial charge in [0.05, 0.1) is 5.60 Å². The van der Waals surface area contributed by atoms with Crippen molar-refractivity contribution in [3.63, 3.8) is 0 Å². The molecule has 0 aromatic carbocycles. The number of piperidine rings is 1. The molecule has 2 atom stereocenters. The summed E-state index contributed by atoms with van der Waals surface area (Å²) in [6, 6.07) is 0. The molecule has 1 aliphatic heterocycles. The Kier molecular flexibility index (Phi) is 2.32. The van der Waals surface area contributed by atoms with E-state index >= 15 is 0 Å². The lowest BCUT2D eigenvalue weighted by molar-refractivity contribution is -0.0842. The Balaban J connectivity index is 2.28. The molecule has 0 aromatic heterocycles. The summed E-state index contributed by atoms with van der Waals surface area (Å²) < 4.78 is 0. The highest BCUT2D eigenvalue weighted by atomic mass is 16.3. The highest BCUT2D eigenvalue weighted by Gasteiger charge is 2.65. The Hall–Kier alpha value is -0.120. The van der Waals surface area contributed by atoms with Gasteiger partial charge in [0.2, 0.25) is 0 Å². The van der Waals surface area contributed by atoms with E-state index < -0.39 is 5.60 Å². The minimum atomic E-state index is -0.718. The van der Waals surface area contributed by atoms with Gasteiger partial charge in [0.1, 0.15) is 0 Å². The minimum Gasteiger partial charge on any atom is -0.388 e. The second-order valence-electron chi connectivity index (χ2n) is 7.42. The summed E-state index contributed by atoms with van der Waals surface area (Å²) in [5, 5.41) is 14.5. The van der Waals surface area contributed by atoms with Gasteiger partial charge >= 0.3 is 0 Å². The standard InChI is InChI=1S/C13H26N2O/c1-9-6-13(9,14)12(16)7-10(2,3)15-11(4,5)8-12/h9,15-16H,6-8,14H2,1-5H3. The van der Waals surface area contributed by atoms with Crippen LogP contribution in [0.4, 0.5) is 0 Å². The molecule has 3 nitrogen and oxygen atoms in total. The monoisotopic (exact) mass is 226 g/mol. The Morgan fingerprint density at radius 3 is 1.81 bits per heavy atom. The highest BCUT2D eigenvalue weighted by Crippen LogP contribution is 2.55. The number of hydrogen-bond donors (Lipinski definition) is 3. The van der Waals surface area contributed by atoms with Gasteiger partial charge in [-0.1, -0.05) is 6.92 Å². The summed E-state index contributed by atoms with van der Waals surface area (Å²) in [6.45, 7) is 10.7. The largest absolute Gasteiger partial charge is 0.388 e. The van der Waals surface area contributed by atoms with Crippen molar-refractivity contribution in [3.05, 3.63) is 0 Å². The Morgan fingerprint density at radius 1 is 1.12 bits per heavy atom. The summed E-state index contributed by atoms with van der Waals surface area (Å²) in [5.41, 5.74) is 5.19. The van der Waals surface area contributed by atoms with Crippen molar-refractivity contribution in [1.29, 1.82) is 0 Å². The second kappa shape index (κ2) is 3.01. The first-order valence-corrected chi connectivity index (χ1v) is 6.30. The topological polar surface area (TPSA) is 58.3 Å². The van der Waals surface area contributed by atoms with E-state index in [0.717, 1.165) is 19.3 Å². The maximum absolute atomic E-state index is 10.9. The van der Waals surface area contributed by atoms with Crippen LogP contribution in [-0.4, -0.2) is 27.3 Å². The molecule has 2 rings (SSSR count). The minimum absolute atomic E-state index is 0.0504. The van der Waals surface area contributed by atoms with Crippen molar-refractivity contribution in [2.24, 2.45) is 11.7 Å². The average molecular weight is 226 g/mol. The maximum atomic E-state index is 10.9. The van der Waals surface area contributed by atoms with Gasteiger partial charge in [-0.3, -0.25) is 0 Å². The maximum Gasteiger partial charge on any atom is 0.0863 e. The summed E-state index contributed by atoms with van der Waals surface area (Å²) in [6.07, 6.45) is 2.43. The van der Waals surface area contributed by atoms with E-state index in [1.54, 1.807) is 0 Å². The molecule has 94 valence electrons. The van der Waals surface area contributed by atoms with Crippen molar-refractivity contribution < 1.29 is 5.11 Å². The lowest BCUT2D eigenvalue weighted by Crippen LogP contribution is -2.69. The Bertz CT molecular complexity index is 295. The van der Waals surface area contributed by atoms with Gasteiger partial charge in [-0.2, -0.15) is 0 Å². The molecule has 1 aliphatic carbocycles. The van der Waals surface area contributed by atoms with Gasteiger partial charge in [0, 0.05) is 16.6 Å². The van der Waals surface area contributed by atoms with Gasteiger partial charge in [-0.15, -0.1) is 0 Å². The van der Waals surface area contributed by atoms with Crippen molar-refractivity contribution in [2.45, 2.75) is 76.1 Å². The predicted octanol–water partition coefficient (Wildman–Crippen LogP) is 1.40. The molecule has 1 heterocycles. The quantitative estimate of drug-likeness (QED) is 0.633. The van der Waals surface area contributed by atoms with Crippen LogP contribution in [0.1, 0.15) is 53.9 Å². The van der Waals surface area contributed by atoms with Crippen molar-refractivity contribution in [1.82, 2.24) is 5.32 Å². The fraction of sp³-hybridized carbons (Fsp3) is 1.00. The Labute approximate surface area is 98.8 Å². The van der Waals surface area contributed by atoms with Gasteiger partial charge in [-0.05, 0) is 52.9 Å². The second-order valence-corrected chi connectivity index (χ2v) is 7.42. The van der Waals surface area contributed by atoms with Crippen LogP contribution >= 0.6 is 0 Å². The molecule has 2 unspecified atom stereocenters. The van der Waals surface area contributed by atoms with Crippen LogP contribution < -0.4 is 11.1 Å². The number of nitrogens with one attached hydrogen (secondary N) is 1. The van der Waals surface area contributed by atoms with Crippen LogP contribution in [0.15, 0.2) is 0 Å². The smallest absolute Gasteiger partial charge is 0.0863 e. The fourth-order valence-corrected chi connectivity index (χ4v) is 3.95. The van der Waals surface area contributed by atoms with Crippen molar-refractivity contribution in [3.8, 4) is 0 Å². The molecule has 0 radical (unpaired) electrons. The fourth-order valence-electron chi connectivity index (χ4n) is 3.95. The number of rotatable bonds is 1. The molecular weight excluding hydrogens is 200 g/mol. The third kappa shape index (κ3) is 1.79. The predicted molar refractivity (Wildman–Crippen MR) is 66.2 cm³/mol. The molecule has 2 aliphatic rings. The van der Waals surface area contributed by atoms with E-state index in [1.807, 2.05) is 0 Å². The molecule has 0 spiro atoms. The first kappa shape index (κ1) is 12.3. The molecule has 3 heteroatoms. The van der Waals surface area contributed by atoms with Gasteiger partial charge < -0.3 is 16.2 Å². The summed E-state index contributed by atoms with van der Waals surface area (Å²) in [5.74, 6) is 0.446. The summed E-state index contributed by atoms with van der Waals surface area (Å²) in [7, 11) is 0. The zero-order chi connectivity index (χ0) is 12.4. The normalized spacial score (nSPS) is 44.1. The van der Waals surface area contributed by atoms with E-state index in [9.17, 15) is 5.11 Å². The third-order valence-corrected chi connectivity index (χ3v) is 4.38.